The van der Waals surface area contributed by atoms with Gasteiger partial charge in [-0.25, -0.2) is 0 Å². The van der Waals surface area contributed by atoms with E-state index in [9.17, 15) is 22.5 Å². The Hall–Kier alpha value is -0.960. The van der Waals surface area contributed by atoms with Gasteiger partial charge in [-0.2, -0.15) is 13.2 Å². The number of aliphatic hydroxyl groups excluding tert-OH is 1. The van der Waals surface area contributed by atoms with Crippen LogP contribution in [0.2, 0.25) is 0 Å². The Morgan fingerprint density at radius 2 is 2.14 bits per heavy atom. The van der Waals surface area contributed by atoms with E-state index in [0.29, 0.717) is 13.2 Å². The lowest BCUT2D eigenvalue weighted by Crippen LogP contribution is -2.32. The van der Waals surface area contributed by atoms with Crippen molar-refractivity contribution < 1.29 is 27.2 Å². The highest BCUT2D eigenvalue weighted by Gasteiger charge is 2.30. The van der Waals surface area contributed by atoms with E-state index in [1.165, 1.54) is 12.1 Å². The summed E-state index contributed by atoms with van der Waals surface area (Å²) in [5, 5.41) is 12.6. The van der Waals surface area contributed by atoms with Crippen LogP contribution in [0.3, 0.4) is 0 Å². The number of benzene rings is 1. The Bertz CT molecular complexity index is 468. The molecule has 0 radical (unpaired) electrons. The number of hydrogen-bond acceptors (Lipinski definition) is 4. The van der Waals surface area contributed by atoms with Crippen molar-refractivity contribution in [2.75, 3.05) is 32.6 Å². The normalized spacial score (nSPS) is 14.9. The minimum Gasteiger partial charge on any atom is -0.391 e. The third-order valence-corrected chi connectivity index (χ3v) is 4.10. The van der Waals surface area contributed by atoms with E-state index in [-0.39, 0.29) is 17.2 Å². The van der Waals surface area contributed by atoms with Crippen molar-refractivity contribution in [1.82, 2.24) is 5.32 Å². The van der Waals surface area contributed by atoms with Gasteiger partial charge in [-0.05, 0) is 18.2 Å². The Balaban J connectivity index is 2.55. The molecule has 8 heteroatoms. The summed E-state index contributed by atoms with van der Waals surface area (Å²) in [5.41, 5.74) is -0.846. The van der Waals surface area contributed by atoms with Crippen LogP contribution < -0.4 is 5.32 Å². The molecule has 0 aromatic heterocycles. The molecule has 2 unspecified atom stereocenters. The maximum atomic E-state index is 12.6. The molecule has 1 aromatic rings. The fourth-order valence-corrected chi connectivity index (χ4v) is 2.74. The number of hydrogen-bond donors (Lipinski definition) is 2. The van der Waals surface area contributed by atoms with Crippen LogP contribution in [0.4, 0.5) is 13.2 Å². The average Bonchev–Trinajstić information content (AvgIpc) is 2.43. The predicted octanol–water partition coefficient (Wildman–Crippen LogP) is 1.41. The highest BCUT2D eigenvalue weighted by atomic mass is 32.2. The molecule has 1 rings (SSSR count). The van der Waals surface area contributed by atoms with Crippen LogP contribution in [0.15, 0.2) is 29.2 Å². The van der Waals surface area contributed by atoms with Crippen molar-refractivity contribution in [2.45, 2.75) is 17.2 Å². The minimum absolute atomic E-state index is 0.0563. The molecule has 2 atom stereocenters. The molecule has 0 aliphatic carbocycles. The predicted molar refractivity (Wildman–Crippen MR) is 73.5 cm³/mol. The smallest absolute Gasteiger partial charge is 0.391 e. The van der Waals surface area contributed by atoms with Crippen molar-refractivity contribution in [1.29, 1.82) is 0 Å². The van der Waals surface area contributed by atoms with Crippen LogP contribution in [0.5, 0.6) is 0 Å². The molecule has 120 valence electrons. The zero-order valence-corrected chi connectivity index (χ0v) is 12.3. The summed E-state index contributed by atoms with van der Waals surface area (Å²) in [7, 11) is -0.145. The summed E-state index contributed by atoms with van der Waals surface area (Å²) in [6.45, 7) is 1.21. The first-order valence-corrected chi connectivity index (χ1v) is 7.60. The van der Waals surface area contributed by atoms with Crippen molar-refractivity contribution in [3.8, 4) is 0 Å². The molecule has 4 nitrogen and oxygen atoms in total. The standard InChI is InChI=1S/C13H18F3NO3S/c1-20-6-5-17-8-11(18)9-21(19)12-4-2-3-10(7-12)13(14,15)16/h2-4,7,11,17-18H,5-6,8-9H2,1H3. The van der Waals surface area contributed by atoms with E-state index < -0.39 is 28.6 Å². The molecule has 1 aromatic carbocycles. The first kappa shape index (κ1) is 18.1. The van der Waals surface area contributed by atoms with E-state index in [0.717, 1.165) is 12.1 Å². The summed E-state index contributed by atoms with van der Waals surface area (Å²) >= 11 is 0. The topological polar surface area (TPSA) is 58.6 Å². The third kappa shape index (κ3) is 6.56. The van der Waals surface area contributed by atoms with E-state index in [2.05, 4.69) is 5.32 Å². The quantitative estimate of drug-likeness (QED) is 0.710. The molecule has 0 saturated heterocycles. The monoisotopic (exact) mass is 325 g/mol. The molecule has 0 bridgehead atoms. The largest absolute Gasteiger partial charge is 0.416 e. The second kappa shape index (κ2) is 8.47. The Morgan fingerprint density at radius 1 is 1.43 bits per heavy atom. The number of nitrogens with one attached hydrogen (secondary N) is 1. The van der Waals surface area contributed by atoms with Gasteiger partial charge in [0.25, 0.3) is 0 Å². The number of ether oxygens (including phenoxy) is 1. The number of alkyl halides is 3. The lowest BCUT2D eigenvalue weighted by atomic mass is 10.2. The fourth-order valence-electron chi connectivity index (χ4n) is 1.59. The van der Waals surface area contributed by atoms with Crippen LogP contribution >= 0.6 is 0 Å². The lowest BCUT2D eigenvalue weighted by molar-refractivity contribution is -0.137. The molecule has 0 aliphatic rings. The number of aliphatic hydroxyl groups is 1. The molecule has 0 heterocycles. The highest BCUT2D eigenvalue weighted by molar-refractivity contribution is 7.85. The lowest BCUT2D eigenvalue weighted by Gasteiger charge is -2.12. The van der Waals surface area contributed by atoms with Gasteiger partial charge < -0.3 is 15.2 Å². The maximum Gasteiger partial charge on any atom is 0.416 e. The highest BCUT2D eigenvalue weighted by Crippen LogP contribution is 2.30. The molecule has 0 spiro atoms. The number of rotatable bonds is 8. The van der Waals surface area contributed by atoms with E-state index in [1.807, 2.05) is 0 Å². The van der Waals surface area contributed by atoms with Crippen molar-refractivity contribution in [3.63, 3.8) is 0 Å². The second-order valence-electron chi connectivity index (χ2n) is 4.39. The first-order valence-electron chi connectivity index (χ1n) is 6.28. The van der Waals surface area contributed by atoms with Gasteiger partial charge in [-0.3, -0.25) is 4.21 Å². The summed E-state index contributed by atoms with van der Waals surface area (Å²) in [5.74, 6) is -0.124. The first-order chi connectivity index (χ1) is 9.84. The Morgan fingerprint density at radius 3 is 2.76 bits per heavy atom. The zero-order chi connectivity index (χ0) is 15.9. The van der Waals surface area contributed by atoms with E-state index in [1.54, 1.807) is 7.11 Å². The Kier molecular flexibility index (Phi) is 7.30. The van der Waals surface area contributed by atoms with E-state index in [4.69, 9.17) is 4.74 Å². The van der Waals surface area contributed by atoms with Gasteiger partial charge in [-0.15, -0.1) is 0 Å². The minimum atomic E-state index is -4.47. The molecule has 0 aliphatic heterocycles. The van der Waals surface area contributed by atoms with Gasteiger partial charge in [0, 0.05) is 25.1 Å². The average molecular weight is 325 g/mol. The molecular formula is C13H18F3NO3S. The van der Waals surface area contributed by atoms with Gasteiger partial charge in [0.2, 0.25) is 0 Å². The van der Waals surface area contributed by atoms with Gasteiger partial charge in [0.15, 0.2) is 0 Å². The summed E-state index contributed by atoms with van der Waals surface area (Å²) in [6.07, 6.45) is -5.38. The summed E-state index contributed by atoms with van der Waals surface area (Å²) in [6, 6.07) is 4.33. The van der Waals surface area contributed by atoms with Crippen LogP contribution in [0.1, 0.15) is 5.56 Å². The van der Waals surface area contributed by atoms with Gasteiger partial charge in [0.05, 0.1) is 34.8 Å². The molecule has 0 saturated carbocycles. The van der Waals surface area contributed by atoms with Crippen LogP contribution in [-0.4, -0.2) is 48.0 Å². The molecule has 21 heavy (non-hydrogen) atoms. The summed E-state index contributed by atoms with van der Waals surface area (Å²) in [4.78, 5) is 0.0563. The van der Waals surface area contributed by atoms with Gasteiger partial charge in [0.1, 0.15) is 0 Å². The summed E-state index contributed by atoms with van der Waals surface area (Å²) < 4.78 is 54.5. The van der Waals surface area contributed by atoms with E-state index >= 15 is 0 Å². The van der Waals surface area contributed by atoms with Gasteiger partial charge in [-0.1, -0.05) is 6.07 Å². The Labute approximate surface area is 123 Å². The number of halogens is 3. The van der Waals surface area contributed by atoms with Crippen molar-refractivity contribution >= 4 is 10.8 Å². The molecule has 0 fully saturated rings. The second-order valence-corrected chi connectivity index (χ2v) is 5.88. The SMILES string of the molecule is COCCNCC(O)CS(=O)c1cccc(C(F)(F)F)c1. The fraction of sp³-hybridized carbons (Fsp3) is 0.538. The zero-order valence-electron chi connectivity index (χ0n) is 11.5. The van der Waals surface area contributed by atoms with Crippen LogP contribution in [0, 0.1) is 0 Å². The third-order valence-electron chi connectivity index (χ3n) is 2.63. The number of methoxy groups -OCH3 is 1. The molecular weight excluding hydrogens is 307 g/mol. The maximum absolute atomic E-state index is 12.6. The van der Waals surface area contributed by atoms with Crippen molar-refractivity contribution in [2.24, 2.45) is 0 Å². The van der Waals surface area contributed by atoms with Crippen molar-refractivity contribution in [3.05, 3.63) is 29.8 Å². The molecule has 0 amide bonds. The van der Waals surface area contributed by atoms with Crippen LogP contribution in [0.25, 0.3) is 0 Å². The van der Waals surface area contributed by atoms with Gasteiger partial charge >= 0.3 is 6.18 Å². The van der Waals surface area contributed by atoms with Crippen LogP contribution in [-0.2, 0) is 21.7 Å². The molecule has 2 N–H and O–H groups in total.